The van der Waals surface area contributed by atoms with Gasteiger partial charge in [0, 0.05) is 23.4 Å². The number of rotatable bonds is 4. The van der Waals surface area contributed by atoms with Gasteiger partial charge in [-0.1, -0.05) is 5.16 Å². The minimum absolute atomic E-state index is 0.0128. The second kappa shape index (κ2) is 5.45. The van der Waals surface area contributed by atoms with E-state index in [2.05, 4.69) is 9.88 Å². The maximum Gasteiger partial charge on any atom is 0.241 e. The zero-order valence-electron chi connectivity index (χ0n) is 11.9. The number of anilines is 1. The van der Waals surface area contributed by atoms with E-state index in [9.17, 15) is 12.8 Å². The third-order valence-electron chi connectivity index (χ3n) is 3.29. The van der Waals surface area contributed by atoms with Crippen LogP contribution < -0.4 is 10.5 Å². The molecule has 114 valence electrons. The summed E-state index contributed by atoms with van der Waals surface area (Å²) in [5.41, 5.74) is 7.17. The SMILES string of the molecule is Cc1noc(C)c1CNS(=O)(=O)c1cc(N)c(C)c(F)c1. The van der Waals surface area contributed by atoms with Crippen LogP contribution in [-0.4, -0.2) is 13.6 Å². The summed E-state index contributed by atoms with van der Waals surface area (Å²) in [6, 6.07) is 2.18. The highest BCUT2D eigenvalue weighted by molar-refractivity contribution is 7.89. The van der Waals surface area contributed by atoms with E-state index in [0.717, 1.165) is 6.07 Å². The molecular formula is C13H16FN3O3S. The lowest BCUT2D eigenvalue weighted by Gasteiger charge is -2.09. The van der Waals surface area contributed by atoms with Crippen LogP contribution in [0.2, 0.25) is 0 Å². The molecule has 3 N–H and O–H groups in total. The zero-order valence-corrected chi connectivity index (χ0v) is 12.7. The topological polar surface area (TPSA) is 98.2 Å². The molecule has 1 aromatic carbocycles. The van der Waals surface area contributed by atoms with E-state index in [4.69, 9.17) is 10.3 Å². The molecule has 0 unspecified atom stereocenters. The molecule has 0 saturated heterocycles. The molecule has 0 radical (unpaired) electrons. The summed E-state index contributed by atoms with van der Waals surface area (Å²) in [7, 11) is -3.87. The summed E-state index contributed by atoms with van der Waals surface area (Å²) in [5, 5.41) is 3.74. The Bertz CT molecular complexity index is 741. The average molecular weight is 313 g/mol. The predicted molar refractivity (Wildman–Crippen MR) is 75.6 cm³/mol. The van der Waals surface area contributed by atoms with Gasteiger partial charge in [0.25, 0.3) is 0 Å². The van der Waals surface area contributed by atoms with Crippen LogP contribution in [0.15, 0.2) is 21.6 Å². The molecule has 0 saturated carbocycles. The maximum absolute atomic E-state index is 13.6. The number of nitrogens with zero attached hydrogens (tertiary/aromatic N) is 1. The number of aromatic nitrogens is 1. The molecule has 0 bridgehead atoms. The Labute approximate surface area is 122 Å². The standard InChI is InChI=1S/C13H16FN3O3S/c1-7-12(14)4-10(5-13(7)15)21(18,19)16-6-11-8(2)17-20-9(11)3/h4-5,16H,6,15H2,1-3H3. The van der Waals surface area contributed by atoms with E-state index in [0.29, 0.717) is 17.0 Å². The fraction of sp³-hybridized carbons (Fsp3) is 0.308. The quantitative estimate of drug-likeness (QED) is 0.839. The predicted octanol–water partition coefficient (Wildman–Crippen LogP) is 1.80. The summed E-state index contributed by atoms with van der Waals surface area (Å²) >= 11 is 0. The first kappa shape index (κ1) is 15.5. The lowest BCUT2D eigenvalue weighted by molar-refractivity contribution is 0.392. The second-order valence-corrected chi connectivity index (χ2v) is 6.51. The van der Waals surface area contributed by atoms with Gasteiger partial charge in [0.1, 0.15) is 11.6 Å². The fourth-order valence-corrected chi connectivity index (χ4v) is 2.88. The minimum atomic E-state index is -3.87. The molecule has 1 aromatic heterocycles. The van der Waals surface area contributed by atoms with Crippen LogP contribution in [0.4, 0.5) is 10.1 Å². The largest absolute Gasteiger partial charge is 0.398 e. The molecule has 0 amide bonds. The fourth-order valence-electron chi connectivity index (χ4n) is 1.83. The number of benzene rings is 1. The van der Waals surface area contributed by atoms with Crippen molar-refractivity contribution in [1.82, 2.24) is 9.88 Å². The number of sulfonamides is 1. The highest BCUT2D eigenvalue weighted by Gasteiger charge is 2.19. The number of nitrogens with two attached hydrogens (primary N) is 1. The van der Waals surface area contributed by atoms with Crippen LogP contribution in [0, 0.1) is 26.6 Å². The van der Waals surface area contributed by atoms with Gasteiger partial charge in [-0.05, 0) is 32.9 Å². The average Bonchev–Trinajstić information content (AvgIpc) is 2.72. The highest BCUT2D eigenvalue weighted by Crippen LogP contribution is 2.21. The Morgan fingerprint density at radius 3 is 2.52 bits per heavy atom. The maximum atomic E-state index is 13.6. The van der Waals surface area contributed by atoms with Crippen molar-refractivity contribution in [2.24, 2.45) is 0 Å². The summed E-state index contributed by atoms with van der Waals surface area (Å²) < 4.78 is 45.3. The normalized spacial score (nSPS) is 11.8. The Hall–Kier alpha value is -1.93. The summed E-state index contributed by atoms with van der Waals surface area (Å²) in [6.45, 7) is 4.90. The van der Waals surface area contributed by atoms with Crippen molar-refractivity contribution in [2.45, 2.75) is 32.2 Å². The van der Waals surface area contributed by atoms with Gasteiger partial charge >= 0.3 is 0 Å². The van der Waals surface area contributed by atoms with Gasteiger partial charge in [-0.25, -0.2) is 17.5 Å². The van der Waals surface area contributed by atoms with E-state index >= 15 is 0 Å². The van der Waals surface area contributed by atoms with Crippen molar-refractivity contribution < 1.29 is 17.3 Å². The summed E-state index contributed by atoms with van der Waals surface area (Å²) in [6.07, 6.45) is 0. The molecule has 0 spiro atoms. The molecule has 6 nitrogen and oxygen atoms in total. The molecule has 8 heteroatoms. The lowest BCUT2D eigenvalue weighted by atomic mass is 10.2. The number of hydrogen-bond donors (Lipinski definition) is 2. The molecule has 0 aliphatic rings. The Kier molecular flexibility index (Phi) is 4.02. The van der Waals surface area contributed by atoms with Crippen molar-refractivity contribution in [3.8, 4) is 0 Å². The molecule has 0 aliphatic heterocycles. The van der Waals surface area contributed by atoms with Crippen LogP contribution in [0.1, 0.15) is 22.6 Å². The van der Waals surface area contributed by atoms with Gasteiger partial charge in [-0.2, -0.15) is 0 Å². The van der Waals surface area contributed by atoms with Crippen molar-refractivity contribution >= 4 is 15.7 Å². The molecule has 0 aliphatic carbocycles. The van der Waals surface area contributed by atoms with Crippen LogP contribution in [0.3, 0.4) is 0 Å². The molecule has 1 heterocycles. The molecule has 2 rings (SSSR count). The molecular weight excluding hydrogens is 297 g/mol. The lowest BCUT2D eigenvalue weighted by Crippen LogP contribution is -2.24. The third-order valence-corrected chi connectivity index (χ3v) is 4.67. The third kappa shape index (κ3) is 3.06. The van der Waals surface area contributed by atoms with Crippen molar-refractivity contribution in [3.05, 3.63) is 40.5 Å². The Morgan fingerprint density at radius 1 is 1.33 bits per heavy atom. The number of nitrogens with one attached hydrogen (secondary N) is 1. The van der Waals surface area contributed by atoms with Crippen LogP contribution >= 0.6 is 0 Å². The first-order chi connectivity index (χ1) is 9.72. The van der Waals surface area contributed by atoms with Gasteiger partial charge in [0.15, 0.2) is 0 Å². The zero-order chi connectivity index (χ0) is 15.8. The minimum Gasteiger partial charge on any atom is -0.398 e. The van der Waals surface area contributed by atoms with Crippen LogP contribution in [0.25, 0.3) is 0 Å². The Morgan fingerprint density at radius 2 is 2.00 bits per heavy atom. The monoisotopic (exact) mass is 313 g/mol. The summed E-state index contributed by atoms with van der Waals surface area (Å²) in [5.74, 6) is -0.127. The molecule has 0 atom stereocenters. The van der Waals surface area contributed by atoms with Crippen molar-refractivity contribution in [3.63, 3.8) is 0 Å². The van der Waals surface area contributed by atoms with Gasteiger partial charge in [0.2, 0.25) is 10.0 Å². The first-order valence-corrected chi connectivity index (χ1v) is 7.67. The van der Waals surface area contributed by atoms with Gasteiger partial charge in [-0.3, -0.25) is 0 Å². The smallest absolute Gasteiger partial charge is 0.241 e. The Balaban J connectivity index is 2.27. The van der Waals surface area contributed by atoms with E-state index in [1.54, 1.807) is 13.8 Å². The highest BCUT2D eigenvalue weighted by atomic mass is 32.2. The number of nitrogen functional groups attached to an aromatic ring is 1. The van der Waals surface area contributed by atoms with Gasteiger partial charge in [0.05, 0.1) is 10.6 Å². The second-order valence-electron chi connectivity index (χ2n) is 4.75. The van der Waals surface area contributed by atoms with E-state index < -0.39 is 15.8 Å². The van der Waals surface area contributed by atoms with Gasteiger partial charge < -0.3 is 10.3 Å². The molecule has 21 heavy (non-hydrogen) atoms. The van der Waals surface area contributed by atoms with Crippen molar-refractivity contribution in [1.29, 1.82) is 0 Å². The molecule has 0 fully saturated rings. The first-order valence-electron chi connectivity index (χ1n) is 6.19. The van der Waals surface area contributed by atoms with E-state index in [1.165, 1.54) is 13.0 Å². The van der Waals surface area contributed by atoms with E-state index in [-0.39, 0.29) is 22.7 Å². The van der Waals surface area contributed by atoms with Gasteiger partial charge in [-0.15, -0.1) is 0 Å². The number of aryl methyl sites for hydroxylation is 2. The van der Waals surface area contributed by atoms with Crippen LogP contribution in [0.5, 0.6) is 0 Å². The van der Waals surface area contributed by atoms with E-state index in [1.807, 2.05) is 0 Å². The molecule has 2 aromatic rings. The summed E-state index contributed by atoms with van der Waals surface area (Å²) in [4.78, 5) is -0.213. The number of hydrogen-bond acceptors (Lipinski definition) is 5. The van der Waals surface area contributed by atoms with Crippen molar-refractivity contribution in [2.75, 3.05) is 5.73 Å². The number of halogens is 1. The van der Waals surface area contributed by atoms with Crippen LogP contribution in [-0.2, 0) is 16.6 Å².